The van der Waals surface area contributed by atoms with Gasteiger partial charge in [0.25, 0.3) is 0 Å². The average molecular weight is 653 g/mol. The second-order valence-corrected chi connectivity index (χ2v) is 13.0. The van der Waals surface area contributed by atoms with Crippen molar-refractivity contribution in [3.05, 3.63) is 194 Å². The Morgan fingerprint density at radius 2 is 0.784 bits per heavy atom. The molecule has 0 aliphatic heterocycles. The Hall–Kier alpha value is -6.84. The van der Waals surface area contributed by atoms with Gasteiger partial charge in [0.1, 0.15) is 11.2 Å². The van der Waals surface area contributed by atoms with Gasteiger partial charge in [-0.2, -0.15) is 0 Å². The molecule has 10 rings (SSSR count). The highest BCUT2D eigenvalue weighted by molar-refractivity contribution is 6.12. The molecule has 3 nitrogen and oxygen atoms in total. The van der Waals surface area contributed by atoms with Crippen LogP contribution < -0.4 is 9.80 Å². The first kappa shape index (κ1) is 29.1. The summed E-state index contributed by atoms with van der Waals surface area (Å²) >= 11 is 0. The molecule has 0 spiro atoms. The Balaban J connectivity index is 1.15. The summed E-state index contributed by atoms with van der Waals surface area (Å²) in [6.45, 7) is 0. The lowest BCUT2D eigenvalue weighted by Gasteiger charge is -2.27. The van der Waals surface area contributed by atoms with Gasteiger partial charge in [-0.1, -0.05) is 115 Å². The van der Waals surface area contributed by atoms with Crippen molar-refractivity contribution in [3.8, 4) is 0 Å². The highest BCUT2D eigenvalue weighted by atomic mass is 16.3. The fraction of sp³-hybridized carbons (Fsp3) is 0. The second-order valence-electron chi connectivity index (χ2n) is 13.0. The predicted molar refractivity (Wildman–Crippen MR) is 216 cm³/mol. The van der Waals surface area contributed by atoms with Crippen molar-refractivity contribution in [2.75, 3.05) is 9.80 Å². The number of anilines is 6. The minimum absolute atomic E-state index is 0.872. The van der Waals surface area contributed by atoms with Crippen molar-refractivity contribution in [3.63, 3.8) is 0 Å². The van der Waals surface area contributed by atoms with E-state index < -0.39 is 0 Å². The molecule has 0 aliphatic carbocycles. The molecule has 0 radical (unpaired) electrons. The number of hydrogen-bond acceptors (Lipinski definition) is 3. The van der Waals surface area contributed by atoms with E-state index >= 15 is 0 Å². The van der Waals surface area contributed by atoms with Gasteiger partial charge in [-0.05, 0) is 100 Å². The first-order valence-electron chi connectivity index (χ1n) is 17.3. The lowest BCUT2D eigenvalue weighted by atomic mass is 10.0. The number of nitrogens with zero attached hydrogens (tertiary/aromatic N) is 2. The quantitative estimate of drug-likeness (QED) is 0.178. The van der Waals surface area contributed by atoms with Crippen LogP contribution >= 0.6 is 0 Å². The van der Waals surface area contributed by atoms with E-state index in [0.29, 0.717) is 0 Å². The highest BCUT2D eigenvalue weighted by Crippen LogP contribution is 2.43. The predicted octanol–water partition coefficient (Wildman–Crippen LogP) is 14.0. The number of furan rings is 1. The van der Waals surface area contributed by atoms with Gasteiger partial charge >= 0.3 is 0 Å². The highest BCUT2D eigenvalue weighted by Gasteiger charge is 2.19. The van der Waals surface area contributed by atoms with Crippen LogP contribution in [0.5, 0.6) is 0 Å². The molecule has 0 unspecified atom stereocenters. The summed E-state index contributed by atoms with van der Waals surface area (Å²) in [5.74, 6) is 0. The second kappa shape index (κ2) is 11.9. The normalized spacial score (nSPS) is 11.5. The molecular weight excluding hydrogens is 621 g/mol. The van der Waals surface area contributed by atoms with Crippen molar-refractivity contribution in [2.45, 2.75) is 0 Å². The van der Waals surface area contributed by atoms with E-state index in [4.69, 9.17) is 4.42 Å². The van der Waals surface area contributed by atoms with E-state index in [1.165, 1.54) is 21.5 Å². The van der Waals surface area contributed by atoms with Gasteiger partial charge < -0.3 is 14.2 Å². The summed E-state index contributed by atoms with van der Waals surface area (Å²) in [5.41, 5.74) is 8.43. The zero-order valence-corrected chi connectivity index (χ0v) is 27.8. The molecule has 0 atom stereocenters. The van der Waals surface area contributed by atoms with Crippen molar-refractivity contribution in [1.29, 1.82) is 0 Å². The summed E-state index contributed by atoms with van der Waals surface area (Å²) in [6, 6.07) is 69.2. The maximum Gasteiger partial charge on any atom is 0.136 e. The molecule has 1 heterocycles. The fourth-order valence-electron chi connectivity index (χ4n) is 7.59. The van der Waals surface area contributed by atoms with E-state index in [1.807, 2.05) is 0 Å². The van der Waals surface area contributed by atoms with E-state index in [-0.39, 0.29) is 0 Å². The van der Waals surface area contributed by atoms with E-state index in [1.54, 1.807) is 0 Å². The topological polar surface area (TPSA) is 19.6 Å². The smallest absolute Gasteiger partial charge is 0.136 e. The van der Waals surface area contributed by atoms with Crippen LogP contribution in [0.4, 0.5) is 34.1 Å². The van der Waals surface area contributed by atoms with Gasteiger partial charge in [-0.15, -0.1) is 0 Å². The molecule has 51 heavy (non-hydrogen) atoms. The minimum atomic E-state index is 0.872. The molecule has 0 bridgehead atoms. The maximum absolute atomic E-state index is 6.51. The molecule has 0 aliphatic rings. The van der Waals surface area contributed by atoms with Crippen LogP contribution in [0.15, 0.2) is 199 Å². The summed E-state index contributed by atoms with van der Waals surface area (Å²) < 4.78 is 6.51. The molecule has 0 N–H and O–H groups in total. The molecule has 1 aromatic heterocycles. The molecule has 0 saturated heterocycles. The number of hydrogen-bond donors (Lipinski definition) is 0. The largest absolute Gasteiger partial charge is 0.456 e. The van der Waals surface area contributed by atoms with Gasteiger partial charge in [-0.3, -0.25) is 0 Å². The summed E-state index contributed by atoms with van der Waals surface area (Å²) in [4.78, 5) is 4.71. The summed E-state index contributed by atoms with van der Waals surface area (Å²) in [5, 5.41) is 9.31. The summed E-state index contributed by atoms with van der Waals surface area (Å²) in [7, 11) is 0. The number of fused-ring (bicyclic) bond motifs is 6. The van der Waals surface area contributed by atoms with Gasteiger partial charge in [-0.25, -0.2) is 0 Å². The van der Waals surface area contributed by atoms with E-state index in [0.717, 1.165) is 66.8 Å². The minimum Gasteiger partial charge on any atom is -0.456 e. The van der Waals surface area contributed by atoms with Crippen LogP contribution in [-0.2, 0) is 0 Å². The monoisotopic (exact) mass is 652 g/mol. The zero-order valence-electron chi connectivity index (χ0n) is 27.8. The molecule has 9 aromatic carbocycles. The Bertz CT molecular complexity index is 2860. The molecule has 10 aromatic rings. The van der Waals surface area contributed by atoms with Crippen molar-refractivity contribution >= 4 is 88.4 Å². The van der Waals surface area contributed by atoms with Crippen LogP contribution in [0.25, 0.3) is 54.3 Å². The molecule has 0 amide bonds. The molecule has 240 valence electrons. The zero-order chi connectivity index (χ0) is 33.7. The van der Waals surface area contributed by atoms with Crippen LogP contribution in [-0.4, -0.2) is 0 Å². The lowest BCUT2D eigenvalue weighted by molar-refractivity contribution is 0.669. The Labute approximate surface area is 295 Å². The molecular formula is C48H32N2O. The molecule has 0 fully saturated rings. The van der Waals surface area contributed by atoms with E-state index in [9.17, 15) is 0 Å². The van der Waals surface area contributed by atoms with Crippen molar-refractivity contribution in [2.24, 2.45) is 0 Å². The third-order valence-electron chi connectivity index (χ3n) is 9.96. The Morgan fingerprint density at radius 3 is 1.41 bits per heavy atom. The SMILES string of the molecule is c1ccc(N(c2ccc3cc4oc5ccc(N(c6ccccc6)c6cccc7ccccc67)cc5c4cc3c2)c2cccc3ccccc23)cc1. The van der Waals surface area contributed by atoms with E-state index in [2.05, 4.69) is 204 Å². The number of rotatable bonds is 6. The average Bonchev–Trinajstić information content (AvgIpc) is 3.55. The van der Waals surface area contributed by atoms with Gasteiger partial charge in [0.05, 0.1) is 11.4 Å². The maximum atomic E-state index is 6.51. The Morgan fingerprint density at radius 1 is 0.275 bits per heavy atom. The lowest BCUT2D eigenvalue weighted by Crippen LogP contribution is -2.10. The van der Waals surface area contributed by atoms with Crippen molar-refractivity contribution < 1.29 is 4.42 Å². The number of benzene rings is 9. The van der Waals surface area contributed by atoms with Crippen LogP contribution in [0.2, 0.25) is 0 Å². The van der Waals surface area contributed by atoms with Gasteiger partial charge in [0.15, 0.2) is 0 Å². The fourth-order valence-corrected chi connectivity index (χ4v) is 7.59. The van der Waals surface area contributed by atoms with Crippen LogP contribution in [0.3, 0.4) is 0 Å². The standard InChI is InChI=1S/C48H32N2O/c1-3-17-37(18-4-1)49(45-23-11-15-33-13-7-9-21-41(33)45)39-26-25-35-31-48-43(30-36(35)29-39)44-32-40(27-28-47(44)51-48)50(38-19-5-2-6-20-38)46-24-12-16-34-14-8-10-22-42(34)46/h1-32H. The van der Waals surface area contributed by atoms with Gasteiger partial charge in [0, 0.05) is 44.3 Å². The molecule has 3 heteroatoms. The summed E-state index contributed by atoms with van der Waals surface area (Å²) in [6.07, 6.45) is 0. The first-order valence-corrected chi connectivity index (χ1v) is 17.3. The third-order valence-corrected chi connectivity index (χ3v) is 9.96. The Kier molecular flexibility index (Phi) is 6.81. The molecule has 0 saturated carbocycles. The van der Waals surface area contributed by atoms with Crippen LogP contribution in [0, 0.1) is 0 Å². The first-order chi connectivity index (χ1) is 25.3. The van der Waals surface area contributed by atoms with Gasteiger partial charge in [0.2, 0.25) is 0 Å². The van der Waals surface area contributed by atoms with Crippen LogP contribution in [0.1, 0.15) is 0 Å². The third kappa shape index (κ3) is 4.98. The number of para-hydroxylation sites is 2. The van der Waals surface area contributed by atoms with Crippen molar-refractivity contribution in [1.82, 2.24) is 0 Å².